The first kappa shape index (κ1) is 21.5. The van der Waals surface area contributed by atoms with E-state index in [1.807, 2.05) is 18.2 Å². The van der Waals surface area contributed by atoms with Gasteiger partial charge in [-0.2, -0.15) is 4.99 Å². The van der Waals surface area contributed by atoms with Crippen LogP contribution in [-0.2, 0) is 21.1 Å². The van der Waals surface area contributed by atoms with Gasteiger partial charge in [-0.15, -0.1) is 0 Å². The fourth-order valence-corrected chi connectivity index (χ4v) is 8.20. The van der Waals surface area contributed by atoms with Gasteiger partial charge in [0, 0.05) is 10.8 Å². The van der Waals surface area contributed by atoms with Crippen LogP contribution in [0.4, 0.5) is 5.69 Å². The van der Waals surface area contributed by atoms with Crippen molar-refractivity contribution >= 4 is 61.6 Å². The Morgan fingerprint density at radius 3 is 2.57 bits per heavy atom. The minimum atomic E-state index is -3.19. The van der Waals surface area contributed by atoms with E-state index in [2.05, 4.69) is 4.99 Å². The number of ether oxygens (including phenoxy) is 1. The third-order valence-corrected chi connectivity index (χ3v) is 8.82. The number of para-hydroxylation sites is 2. The second-order valence-corrected chi connectivity index (χ2v) is 11.2. The second-order valence-electron chi connectivity index (χ2n) is 7.02. The third-order valence-electron chi connectivity index (χ3n) is 5.00. The fraction of sp³-hybridized carbons (Fsp3) is 0.300. The Labute approximate surface area is 189 Å². The topological polar surface area (TPSA) is 76.0 Å². The summed E-state index contributed by atoms with van der Waals surface area (Å²) in [5.41, 5.74) is 1.20. The van der Waals surface area contributed by atoms with E-state index in [-0.39, 0.29) is 35.1 Å². The van der Waals surface area contributed by atoms with Crippen LogP contribution in [0.25, 0.3) is 0 Å². The van der Waals surface area contributed by atoms with E-state index in [0.717, 1.165) is 5.56 Å². The van der Waals surface area contributed by atoms with Crippen molar-refractivity contribution in [2.75, 3.05) is 23.5 Å². The van der Waals surface area contributed by atoms with Crippen LogP contribution in [0.1, 0.15) is 5.56 Å². The van der Waals surface area contributed by atoms with E-state index in [1.54, 1.807) is 36.3 Å². The van der Waals surface area contributed by atoms with Gasteiger partial charge in [-0.1, -0.05) is 59.2 Å². The van der Waals surface area contributed by atoms with E-state index < -0.39 is 9.84 Å². The van der Waals surface area contributed by atoms with Gasteiger partial charge in [-0.3, -0.25) is 4.79 Å². The summed E-state index contributed by atoms with van der Waals surface area (Å²) in [5.74, 6) is 0.240. The van der Waals surface area contributed by atoms with Crippen molar-refractivity contribution in [1.82, 2.24) is 0 Å². The Kier molecular flexibility index (Phi) is 6.03. The number of amides is 1. The summed E-state index contributed by atoms with van der Waals surface area (Å²) < 4.78 is 29.7. The average molecular weight is 485 g/mol. The molecule has 0 bridgehead atoms. The third kappa shape index (κ3) is 4.19. The molecule has 2 aromatic rings. The number of thioether (sulfide) groups is 1. The molecule has 0 radical (unpaired) electrons. The molecule has 0 saturated carbocycles. The number of sulfone groups is 1. The molecule has 2 heterocycles. The van der Waals surface area contributed by atoms with E-state index >= 15 is 0 Å². The minimum Gasteiger partial charge on any atom is -0.496 e. The largest absolute Gasteiger partial charge is 0.496 e. The number of methoxy groups -OCH3 is 1. The van der Waals surface area contributed by atoms with Gasteiger partial charge in [-0.05, 0) is 18.2 Å². The molecular formula is C20H18Cl2N2O4S2. The summed E-state index contributed by atoms with van der Waals surface area (Å²) in [5, 5.41) is 0.922. The molecule has 10 heteroatoms. The average Bonchev–Trinajstić information content (AvgIpc) is 3.14. The number of fused-ring (bicyclic) bond motifs is 1. The molecular weight excluding hydrogens is 467 g/mol. The van der Waals surface area contributed by atoms with Crippen LogP contribution < -0.4 is 9.64 Å². The molecule has 2 aliphatic heterocycles. The monoisotopic (exact) mass is 484 g/mol. The molecule has 0 aliphatic carbocycles. The molecule has 0 N–H and O–H groups in total. The molecule has 2 unspecified atom stereocenters. The molecule has 1 amide bonds. The number of benzene rings is 2. The Bertz CT molecular complexity index is 1120. The number of nitrogens with zero attached hydrogens (tertiary/aromatic N) is 2. The van der Waals surface area contributed by atoms with Gasteiger partial charge >= 0.3 is 0 Å². The highest BCUT2D eigenvalue weighted by molar-refractivity contribution is 8.16. The molecule has 158 valence electrons. The number of carbonyl (C=O) groups is 1. The van der Waals surface area contributed by atoms with Crippen LogP contribution in [-0.4, -0.2) is 49.4 Å². The standard InChI is InChI=1S/C20H18Cl2N2O4S2/c1-28-16-8-3-2-5-12(16)9-18(25)23-20-24(19-13(21)6-4-7-14(19)22)15-10-30(26,27)11-17(15)29-20/h2-8,15,17H,9-11H2,1H3. The molecule has 2 fully saturated rings. The van der Waals surface area contributed by atoms with Crippen LogP contribution in [0.2, 0.25) is 10.0 Å². The molecule has 2 atom stereocenters. The number of hydrogen-bond acceptors (Lipinski definition) is 5. The zero-order valence-corrected chi connectivity index (χ0v) is 19.1. The first-order chi connectivity index (χ1) is 14.3. The predicted molar refractivity (Wildman–Crippen MR) is 122 cm³/mol. The van der Waals surface area contributed by atoms with Crippen molar-refractivity contribution in [2.24, 2.45) is 4.99 Å². The van der Waals surface area contributed by atoms with Crippen molar-refractivity contribution in [2.45, 2.75) is 17.7 Å². The quantitative estimate of drug-likeness (QED) is 0.655. The Hall–Kier alpha value is -1.74. The van der Waals surface area contributed by atoms with E-state index in [9.17, 15) is 13.2 Å². The van der Waals surface area contributed by atoms with E-state index in [0.29, 0.717) is 26.6 Å². The zero-order chi connectivity index (χ0) is 21.5. The lowest BCUT2D eigenvalue weighted by Gasteiger charge is -2.26. The Balaban J connectivity index is 1.70. The van der Waals surface area contributed by atoms with Crippen molar-refractivity contribution in [1.29, 1.82) is 0 Å². The number of carbonyl (C=O) groups excluding carboxylic acids is 1. The number of anilines is 1. The molecule has 0 aromatic heterocycles. The molecule has 30 heavy (non-hydrogen) atoms. The maximum absolute atomic E-state index is 12.8. The van der Waals surface area contributed by atoms with Gasteiger partial charge < -0.3 is 9.64 Å². The number of amidine groups is 1. The van der Waals surface area contributed by atoms with Crippen molar-refractivity contribution < 1.29 is 17.9 Å². The zero-order valence-electron chi connectivity index (χ0n) is 15.9. The summed E-state index contributed by atoms with van der Waals surface area (Å²) in [6.07, 6.45) is 0.0613. The van der Waals surface area contributed by atoms with Crippen LogP contribution in [0.5, 0.6) is 5.75 Å². The summed E-state index contributed by atoms with van der Waals surface area (Å²) in [4.78, 5) is 18.8. The molecule has 6 nitrogen and oxygen atoms in total. The number of aliphatic imine (C=N–C) groups is 1. The van der Waals surface area contributed by atoms with Gasteiger partial charge in [0.25, 0.3) is 5.91 Å². The predicted octanol–water partition coefficient (Wildman–Crippen LogP) is 3.85. The number of halogens is 2. The Morgan fingerprint density at radius 2 is 1.87 bits per heavy atom. The molecule has 2 aliphatic rings. The normalized spacial score (nSPS) is 23.6. The van der Waals surface area contributed by atoms with Crippen molar-refractivity contribution in [3.63, 3.8) is 0 Å². The summed E-state index contributed by atoms with van der Waals surface area (Å²) >= 11 is 14.1. The van der Waals surface area contributed by atoms with Crippen molar-refractivity contribution in [3.05, 3.63) is 58.1 Å². The Morgan fingerprint density at radius 1 is 1.17 bits per heavy atom. The highest BCUT2D eigenvalue weighted by atomic mass is 35.5. The van der Waals surface area contributed by atoms with Gasteiger partial charge in [0.2, 0.25) is 0 Å². The summed E-state index contributed by atoms with van der Waals surface area (Å²) in [7, 11) is -1.64. The molecule has 4 rings (SSSR count). The highest BCUT2D eigenvalue weighted by Crippen LogP contribution is 2.45. The van der Waals surface area contributed by atoms with Gasteiger partial charge in [0.15, 0.2) is 15.0 Å². The van der Waals surface area contributed by atoms with Crippen LogP contribution in [0.15, 0.2) is 47.5 Å². The fourth-order valence-electron chi connectivity index (χ4n) is 3.70. The maximum Gasteiger partial charge on any atom is 0.252 e. The second kappa shape index (κ2) is 8.42. The molecule has 2 aromatic carbocycles. The first-order valence-corrected chi connectivity index (χ1v) is 12.6. The molecule has 2 saturated heterocycles. The lowest BCUT2D eigenvalue weighted by Crippen LogP contribution is -2.38. The van der Waals surface area contributed by atoms with E-state index in [1.165, 1.54) is 11.8 Å². The number of rotatable bonds is 4. The van der Waals surface area contributed by atoms with Gasteiger partial charge in [0.1, 0.15) is 5.75 Å². The SMILES string of the molecule is COc1ccccc1CC(=O)N=C1SC2CS(=O)(=O)CC2N1c1c(Cl)cccc1Cl. The highest BCUT2D eigenvalue weighted by Gasteiger charge is 2.50. The lowest BCUT2D eigenvalue weighted by atomic mass is 10.1. The minimum absolute atomic E-state index is 0.0284. The maximum atomic E-state index is 12.8. The van der Waals surface area contributed by atoms with E-state index in [4.69, 9.17) is 27.9 Å². The summed E-state index contributed by atoms with van der Waals surface area (Å²) in [6.45, 7) is 0. The van der Waals surface area contributed by atoms with Crippen LogP contribution >= 0.6 is 35.0 Å². The van der Waals surface area contributed by atoms with Gasteiger partial charge in [-0.25, -0.2) is 8.42 Å². The van der Waals surface area contributed by atoms with Crippen LogP contribution in [0.3, 0.4) is 0 Å². The smallest absolute Gasteiger partial charge is 0.252 e. The first-order valence-electron chi connectivity index (χ1n) is 9.13. The van der Waals surface area contributed by atoms with Gasteiger partial charge in [0.05, 0.1) is 46.8 Å². The summed E-state index contributed by atoms with van der Waals surface area (Å²) in [6, 6.07) is 11.9. The molecule has 0 spiro atoms. The van der Waals surface area contributed by atoms with Crippen molar-refractivity contribution in [3.8, 4) is 5.75 Å². The lowest BCUT2D eigenvalue weighted by molar-refractivity contribution is -0.117. The van der Waals surface area contributed by atoms with Crippen LogP contribution in [0, 0.1) is 0 Å². The number of hydrogen-bond donors (Lipinski definition) is 0.